The van der Waals surface area contributed by atoms with Crippen molar-refractivity contribution in [2.45, 2.75) is 19.4 Å². The van der Waals surface area contributed by atoms with Gasteiger partial charge < -0.3 is 14.8 Å². The zero-order valence-electron chi connectivity index (χ0n) is 15.9. The molecule has 0 aliphatic carbocycles. The molecule has 0 bridgehead atoms. The largest absolute Gasteiger partial charge is 0.494 e. The van der Waals surface area contributed by atoms with Crippen molar-refractivity contribution in [2.24, 2.45) is 5.10 Å². The molecule has 9 heteroatoms. The summed E-state index contributed by atoms with van der Waals surface area (Å²) in [6, 6.07) is 12.3. The first kappa shape index (κ1) is 22.9. The van der Waals surface area contributed by atoms with Crippen LogP contribution in [0.15, 0.2) is 56.5 Å². The number of methoxy groups -OCH3 is 1. The average Bonchev–Trinajstić information content (AvgIpc) is 2.68. The van der Waals surface area contributed by atoms with Crippen LogP contribution in [0, 0.1) is 0 Å². The van der Waals surface area contributed by atoms with E-state index in [2.05, 4.69) is 47.7 Å². The normalized spacial score (nSPS) is 11.7. The number of alkyl carbamates (subject to hydrolysis) is 1. The lowest BCUT2D eigenvalue weighted by Crippen LogP contribution is -2.33. The Morgan fingerprint density at radius 1 is 1.17 bits per heavy atom. The van der Waals surface area contributed by atoms with Crippen molar-refractivity contribution in [1.82, 2.24) is 10.7 Å². The van der Waals surface area contributed by atoms with Crippen LogP contribution >= 0.6 is 31.9 Å². The first-order valence-electron chi connectivity index (χ1n) is 8.77. The van der Waals surface area contributed by atoms with E-state index in [1.54, 1.807) is 14.0 Å². The highest BCUT2D eigenvalue weighted by Crippen LogP contribution is 2.33. The number of amides is 2. The molecule has 0 heterocycles. The number of carbonyl (C=O) groups excluding carboxylic acids is 2. The maximum atomic E-state index is 12.3. The number of carbonyl (C=O) groups is 2. The van der Waals surface area contributed by atoms with Crippen LogP contribution in [0.3, 0.4) is 0 Å². The quantitative estimate of drug-likeness (QED) is 0.390. The van der Waals surface area contributed by atoms with E-state index in [1.165, 1.54) is 6.21 Å². The minimum atomic E-state index is -0.578. The molecule has 0 aliphatic rings. The highest BCUT2D eigenvalue weighted by atomic mass is 79.9. The van der Waals surface area contributed by atoms with Crippen molar-refractivity contribution in [3.05, 3.63) is 62.5 Å². The van der Waals surface area contributed by atoms with E-state index < -0.39 is 12.1 Å². The Kier molecular flexibility index (Phi) is 9.14. The Labute approximate surface area is 186 Å². The Morgan fingerprint density at radius 3 is 2.41 bits per heavy atom. The molecule has 29 heavy (non-hydrogen) atoms. The second-order valence-corrected chi connectivity index (χ2v) is 7.55. The number of halogens is 2. The molecule has 0 radical (unpaired) electrons. The SMILES string of the molecule is CCOC(=O)N[C@H](CC(=O)N/N=C\c1cc(Br)c(OC)c(Br)c1)c1ccccc1. The summed E-state index contributed by atoms with van der Waals surface area (Å²) in [4.78, 5) is 24.1. The standard InChI is InChI=1S/C20H21Br2N3O4/c1-3-29-20(27)24-17(14-7-5-4-6-8-14)11-18(26)25-23-12-13-9-15(21)19(28-2)16(22)10-13/h4-10,12,17H,3,11H2,1-2H3,(H,24,27)(H,25,26)/b23-12-/t17-/m1/s1. The molecule has 2 amide bonds. The summed E-state index contributed by atoms with van der Waals surface area (Å²) < 4.78 is 11.7. The van der Waals surface area contributed by atoms with Crippen LogP contribution in [0.5, 0.6) is 5.75 Å². The van der Waals surface area contributed by atoms with Gasteiger partial charge in [0.05, 0.1) is 41.3 Å². The third-order valence-electron chi connectivity index (χ3n) is 3.79. The van der Waals surface area contributed by atoms with Gasteiger partial charge in [0.2, 0.25) is 5.91 Å². The minimum Gasteiger partial charge on any atom is -0.494 e. The second-order valence-electron chi connectivity index (χ2n) is 5.84. The predicted octanol–water partition coefficient (Wildman–Crippen LogP) is 4.55. The number of hydrazone groups is 1. The lowest BCUT2D eigenvalue weighted by atomic mass is 10.0. The number of rotatable bonds is 8. The lowest BCUT2D eigenvalue weighted by molar-refractivity contribution is -0.121. The molecule has 0 saturated heterocycles. The van der Waals surface area contributed by atoms with E-state index in [0.717, 1.165) is 20.1 Å². The summed E-state index contributed by atoms with van der Waals surface area (Å²) >= 11 is 6.83. The third kappa shape index (κ3) is 7.17. The first-order chi connectivity index (χ1) is 13.9. The van der Waals surface area contributed by atoms with Gasteiger partial charge in [0.25, 0.3) is 0 Å². The topological polar surface area (TPSA) is 89.0 Å². The summed E-state index contributed by atoms with van der Waals surface area (Å²) in [5.74, 6) is 0.320. The van der Waals surface area contributed by atoms with Crippen molar-refractivity contribution in [1.29, 1.82) is 0 Å². The molecule has 0 aromatic heterocycles. The first-order valence-corrected chi connectivity index (χ1v) is 10.4. The molecule has 0 unspecified atom stereocenters. The van der Waals surface area contributed by atoms with Gasteiger partial charge in [-0.1, -0.05) is 30.3 Å². The molecule has 0 fully saturated rings. The number of nitrogens with one attached hydrogen (secondary N) is 2. The summed E-state index contributed by atoms with van der Waals surface area (Å²) in [6.45, 7) is 1.96. The van der Waals surface area contributed by atoms with Crippen LogP contribution in [0.2, 0.25) is 0 Å². The van der Waals surface area contributed by atoms with E-state index in [9.17, 15) is 9.59 Å². The van der Waals surface area contributed by atoms with Gasteiger partial charge >= 0.3 is 6.09 Å². The van der Waals surface area contributed by atoms with Crippen molar-refractivity contribution < 1.29 is 19.1 Å². The fraction of sp³-hybridized carbons (Fsp3) is 0.250. The molecule has 0 spiro atoms. The number of hydrogen-bond donors (Lipinski definition) is 2. The monoisotopic (exact) mass is 525 g/mol. The van der Waals surface area contributed by atoms with Gasteiger partial charge in [-0.15, -0.1) is 0 Å². The molecule has 1 atom stereocenters. The predicted molar refractivity (Wildman–Crippen MR) is 118 cm³/mol. The van der Waals surface area contributed by atoms with Crippen LogP contribution < -0.4 is 15.5 Å². The molecule has 7 nitrogen and oxygen atoms in total. The van der Waals surface area contributed by atoms with Gasteiger partial charge in [-0.05, 0) is 62.0 Å². The molecule has 0 aliphatic heterocycles. The maximum absolute atomic E-state index is 12.3. The molecule has 2 aromatic rings. The van der Waals surface area contributed by atoms with E-state index in [-0.39, 0.29) is 18.9 Å². The highest BCUT2D eigenvalue weighted by molar-refractivity contribution is 9.11. The van der Waals surface area contributed by atoms with Crippen molar-refractivity contribution in [3.8, 4) is 5.75 Å². The Morgan fingerprint density at radius 2 is 1.83 bits per heavy atom. The van der Waals surface area contributed by atoms with E-state index in [4.69, 9.17) is 9.47 Å². The third-order valence-corrected chi connectivity index (χ3v) is 4.96. The van der Waals surface area contributed by atoms with Gasteiger partial charge in [0, 0.05) is 0 Å². The zero-order chi connectivity index (χ0) is 21.2. The van der Waals surface area contributed by atoms with E-state index >= 15 is 0 Å². The smallest absolute Gasteiger partial charge is 0.407 e. The minimum absolute atomic E-state index is 0.0101. The molecule has 2 N–H and O–H groups in total. The fourth-order valence-corrected chi connectivity index (χ4v) is 4.06. The van der Waals surface area contributed by atoms with Crippen molar-refractivity contribution >= 4 is 50.1 Å². The second kappa shape index (κ2) is 11.6. The van der Waals surface area contributed by atoms with Gasteiger partial charge in [0.1, 0.15) is 5.75 Å². The Hall–Kier alpha value is -2.39. The average molecular weight is 527 g/mol. The summed E-state index contributed by atoms with van der Waals surface area (Å²) in [5.41, 5.74) is 4.03. The number of benzene rings is 2. The molecular weight excluding hydrogens is 506 g/mol. The number of nitrogens with zero attached hydrogens (tertiary/aromatic N) is 1. The van der Waals surface area contributed by atoms with E-state index in [0.29, 0.717) is 5.75 Å². The Balaban J connectivity index is 2.02. The van der Waals surface area contributed by atoms with Crippen LogP contribution in [-0.2, 0) is 9.53 Å². The summed E-state index contributed by atoms with van der Waals surface area (Å²) in [5, 5.41) is 6.69. The van der Waals surface area contributed by atoms with E-state index in [1.807, 2.05) is 42.5 Å². The molecule has 2 rings (SSSR count). The molecule has 2 aromatic carbocycles. The fourth-order valence-electron chi connectivity index (χ4n) is 2.51. The van der Waals surface area contributed by atoms with Gasteiger partial charge in [0.15, 0.2) is 0 Å². The summed E-state index contributed by atoms with van der Waals surface area (Å²) in [6.07, 6.45) is 0.949. The van der Waals surface area contributed by atoms with Gasteiger partial charge in [-0.2, -0.15) is 5.10 Å². The molecule has 154 valence electrons. The van der Waals surface area contributed by atoms with Crippen molar-refractivity contribution in [3.63, 3.8) is 0 Å². The van der Waals surface area contributed by atoms with Crippen LogP contribution in [-0.4, -0.2) is 31.9 Å². The highest BCUT2D eigenvalue weighted by Gasteiger charge is 2.18. The van der Waals surface area contributed by atoms with Gasteiger partial charge in [-0.25, -0.2) is 10.2 Å². The van der Waals surface area contributed by atoms with Crippen LogP contribution in [0.25, 0.3) is 0 Å². The maximum Gasteiger partial charge on any atom is 0.407 e. The Bertz CT molecular complexity index is 852. The van der Waals surface area contributed by atoms with Crippen LogP contribution in [0.1, 0.15) is 30.5 Å². The number of ether oxygens (including phenoxy) is 2. The van der Waals surface area contributed by atoms with Crippen molar-refractivity contribution in [2.75, 3.05) is 13.7 Å². The number of hydrogen-bond acceptors (Lipinski definition) is 5. The van der Waals surface area contributed by atoms with Gasteiger partial charge in [-0.3, -0.25) is 4.79 Å². The lowest BCUT2D eigenvalue weighted by Gasteiger charge is -2.18. The van der Waals surface area contributed by atoms with Crippen LogP contribution in [0.4, 0.5) is 4.79 Å². The summed E-state index contributed by atoms with van der Waals surface area (Å²) in [7, 11) is 1.58. The molecule has 0 saturated carbocycles. The molecular formula is C20H21Br2N3O4. The zero-order valence-corrected chi connectivity index (χ0v) is 19.1.